The minimum Gasteiger partial charge on any atom is -0.324 e. The Morgan fingerprint density at radius 1 is 1.55 bits per heavy atom. The maximum Gasteiger partial charge on any atom is 0.223 e. The second-order valence-corrected chi connectivity index (χ2v) is 5.76. The molecule has 0 radical (unpaired) electrons. The van der Waals surface area contributed by atoms with Crippen LogP contribution in [0.5, 0.6) is 0 Å². The second kappa shape index (κ2) is 6.82. The van der Waals surface area contributed by atoms with Crippen LogP contribution in [0.1, 0.15) is 25.4 Å². The molecule has 2 aromatic heterocycles. The average Bonchev–Trinajstić information content (AvgIpc) is 3.01. The predicted octanol–water partition coefficient (Wildman–Crippen LogP) is 1.46. The van der Waals surface area contributed by atoms with E-state index in [1.165, 1.54) is 18.3 Å². The van der Waals surface area contributed by atoms with Crippen LogP contribution in [0.25, 0.3) is 0 Å². The lowest BCUT2D eigenvalue weighted by Crippen LogP contribution is -2.08. The number of thioether (sulfide) groups is 1. The summed E-state index contributed by atoms with van der Waals surface area (Å²) < 4.78 is 1.99. The smallest absolute Gasteiger partial charge is 0.223 e. The lowest BCUT2D eigenvalue weighted by atomic mass is 10.6. The van der Waals surface area contributed by atoms with Crippen molar-refractivity contribution in [1.29, 1.82) is 0 Å². The molecule has 0 spiro atoms. The van der Waals surface area contributed by atoms with Gasteiger partial charge in [0.1, 0.15) is 5.82 Å². The van der Waals surface area contributed by atoms with Crippen LogP contribution in [0.4, 0.5) is 5.13 Å². The van der Waals surface area contributed by atoms with Gasteiger partial charge in [-0.3, -0.25) is 4.79 Å². The number of nitrogens with two attached hydrogens (primary N) is 1. The van der Waals surface area contributed by atoms with E-state index in [0.29, 0.717) is 17.4 Å². The van der Waals surface area contributed by atoms with E-state index < -0.39 is 0 Å². The first-order valence-corrected chi connectivity index (χ1v) is 7.97. The third kappa shape index (κ3) is 3.56. The average molecular weight is 312 g/mol. The molecule has 1 amide bonds. The van der Waals surface area contributed by atoms with Gasteiger partial charge >= 0.3 is 0 Å². The number of hydrogen-bond acceptors (Lipinski definition) is 7. The Labute approximate surface area is 125 Å². The van der Waals surface area contributed by atoms with Gasteiger partial charge in [0.25, 0.3) is 0 Å². The summed E-state index contributed by atoms with van der Waals surface area (Å²) in [7, 11) is 0. The van der Waals surface area contributed by atoms with Gasteiger partial charge < -0.3 is 15.6 Å². The lowest BCUT2D eigenvalue weighted by molar-refractivity contribution is -0.114. The minimum atomic E-state index is -0.114. The number of thiazole rings is 1. The van der Waals surface area contributed by atoms with E-state index in [9.17, 15) is 4.79 Å². The molecule has 0 aliphatic heterocycles. The Kier molecular flexibility index (Phi) is 5.10. The topological polar surface area (TPSA) is 98.7 Å². The van der Waals surface area contributed by atoms with Gasteiger partial charge in [0.05, 0.1) is 12.2 Å². The molecule has 3 N–H and O–H groups in total. The number of carbonyl (C=O) groups excluding carboxylic acids is 1. The van der Waals surface area contributed by atoms with Crippen LogP contribution in [0.2, 0.25) is 0 Å². The van der Waals surface area contributed by atoms with Crippen LogP contribution in [-0.4, -0.2) is 25.7 Å². The van der Waals surface area contributed by atoms with E-state index in [4.69, 9.17) is 5.73 Å². The van der Waals surface area contributed by atoms with Crippen molar-refractivity contribution >= 4 is 34.1 Å². The quantitative estimate of drug-likeness (QED) is 0.784. The zero-order chi connectivity index (χ0) is 14.5. The number of rotatable bonds is 6. The van der Waals surface area contributed by atoms with E-state index in [1.807, 2.05) is 16.9 Å². The highest BCUT2D eigenvalue weighted by molar-refractivity contribution is 7.98. The minimum absolute atomic E-state index is 0.114. The molecular weight excluding hydrogens is 296 g/mol. The van der Waals surface area contributed by atoms with Gasteiger partial charge in [-0.25, -0.2) is 4.98 Å². The molecule has 0 saturated heterocycles. The molecule has 0 fully saturated rings. The number of hydrogen-bond donors (Lipinski definition) is 2. The summed E-state index contributed by atoms with van der Waals surface area (Å²) >= 11 is 2.97. The standard InChI is InChI=1S/C11H16N6OS2/c1-3-17-9(4-12)15-16-11(17)20-6-8-5-19-10(14-8)13-7(2)18/h5H,3-4,6,12H2,1-2H3,(H,13,14,18). The number of anilines is 1. The summed E-state index contributed by atoms with van der Waals surface area (Å²) in [5, 5.41) is 14.2. The number of nitrogens with one attached hydrogen (secondary N) is 1. The maximum absolute atomic E-state index is 10.9. The molecular formula is C11H16N6OS2. The molecule has 0 unspecified atom stereocenters. The first-order chi connectivity index (χ1) is 9.63. The molecule has 0 saturated carbocycles. The molecule has 108 valence electrons. The van der Waals surface area contributed by atoms with Crippen molar-refractivity contribution in [1.82, 2.24) is 19.7 Å². The van der Waals surface area contributed by atoms with Crippen molar-refractivity contribution in [2.45, 2.75) is 37.8 Å². The van der Waals surface area contributed by atoms with E-state index in [2.05, 4.69) is 20.5 Å². The van der Waals surface area contributed by atoms with Crippen molar-refractivity contribution in [2.24, 2.45) is 5.73 Å². The summed E-state index contributed by atoms with van der Waals surface area (Å²) in [6.45, 7) is 4.67. The van der Waals surface area contributed by atoms with E-state index in [1.54, 1.807) is 11.8 Å². The molecule has 2 aromatic rings. The van der Waals surface area contributed by atoms with Gasteiger partial charge in [-0.1, -0.05) is 11.8 Å². The zero-order valence-electron chi connectivity index (χ0n) is 11.3. The molecule has 0 atom stereocenters. The van der Waals surface area contributed by atoms with Gasteiger partial charge in [-0.15, -0.1) is 21.5 Å². The Bertz CT molecular complexity index is 594. The van der Waals surface area contributed by atoms with Gasteiger partial charge in [0, 0.05) is 24.6 Å². The van der Waals surface area contributed by atoms with Crippen molar-refractivity contribution in [2.75, 3.05) is 5.32 Å². The van der Waals surface area contributed by atoms with Crippen molar-refractivity contribution in [3.8, 4) is 0 Å². The second-order valence-electron chi connectivity index (χ2n) is 3.96. The largest absolute Gasteiger partial charge is 0.324 e. The molecule has 0 bridgehead atoms. The van der Waals surface area contributed by atoms with Crippen LogP contribution in [-0.2, 0) is 23.6 Å². The first-order valence-electron chi connectivity index (χ1n) is 6.11. The number of carbonyl (C=O) groups is 1. The van der Waals surface area contributed by atoms with Crippen LogP contribution in [0.15, 0.2) is 10.5 Å². The fourth-order valence-electron chi connectivity index (χ4n) is 1.61. The summed E-state index contributed by atoms with van der Waals surface area (Å²) in [5.74, 6) is 1.35. The molecule has 0 aliphatic rings. The Balaban J connectivity index is 2.00. The predicted molar refractivity (Wildman–Crippen MR) is 79.6 cm³/mol. The lowest BCUT2D eigenvalue weighted by Gasteiger charge is -2.04. The van der Waals surface area contributed by atoms with Gasteiger partial charge in [-0.2, -0.15) is 0 Å². The van der Waals surface area contributed by atoms with Crippen LogP contribution in [0, 0.1) is 0 Å². The highest BCUT2D eigenvalue weighted by Crippen LogP contribution is 2.24. The summed E-state index contributed by atoms with van der Waals surface area (Å²) in [6.07, 6.45) is 0. The van der Waals surface area contributed by atoms with E-state index in [0.717, 1.165) is 23.2 Å². The zero-order valence-corrected chi connectivity index (χ0v) is 12.9. The van der Waals surface area contributed by atoms with Crippen LogP contribution >= 0.6 is 23.1 Å². The number of aromatic nitrogens is 4. The van der Waals surface area contributed by atoms with Gasteiger partial charge in [0.15, 0.2) is 10.3 Å². The highest BCUT2D eigenvalue weighted by atomic mass is 32.2. The third-order valence-electron chi connectivity index (χ3n) is 2.48. The summed E-state index contributed by atoms with van der Waals surface area (Å²) in [5.41, 5.74) is 6.52. The molecule has 0 aromatic carbocycles. The molecule has 2 heterocycles. The molecule has 0 aliphatic carbocycles. The Morgan fingerprint density at radius 3 is 3.00 bits per heavy atom. The Morgan fingerprint density at radius 2 is 2.35 bits per heavy atom. The molecule has 9 heteroatoms. The first kappa shape index (κ1) is 14.9. The summed E-state index contributed by atoms with van der Waals surface area (Å²) in [6, 6.07) is 0. The van der Waals surface area contributed by atoms with Crippen LogP contribution < -0.4 is 11.1 Å². The fraction of sp³-hybridized carbons (Fsp3) is 0.455. The fourth-order valence-corrected chi connectivity index (χ4v) is 3.39. The highest BCUT2D eigenvalue weighted by Gasteiger charge is 2.11. The van der Waals surface area contributed by atoms with Gasteiger partial charge in [0.2, 0.25) is 5.91 Å². The van der Waals surface area contributed by atoms with E-state index in [-0.39, 0.29) is 5.91 Å². The monoisotopic (exact) mass is 312 g/mol. The Hall–Kier alpha value is -1.45. The van der Waals surface area contributed by atoms with Crippen LogP contribution in [0.3, 0.4) is 0 Å². The number of nitrogens with zero attached hydrogens (tertiary/aromatic N) is 4. The summed E-state index contributed by atoms with van der Waals surface area (Å²) in [4.78, 5) is 15.3. The number of amides is 1. The van der Waals surface area contributed by atoms with Crippen molar-refractivity contribution in [3.05, 3.63) is 16.9 Å². The normalized spacial score (nSPS) is 10.8. The third-order valence-corrected chi connectivity index (χ3v) is 4.28. The van der Waals surface area contributed by atoms with Gasteiger partial charge in [-0.05, 0) is 6.92 Å². The SMILES string of the molecule is CCn1c(CN)nnc1SCc1csc(NC(C)=O)n1. The van der Waals surface area contributed by atoms with E-state index >= 15 is 0 Å². The van der Waals surface area contributed by atoms with Crippen molar-refractivity contribution < 1.29 is 4.79 Å². The van der Waals surface area contributed by atoms with Crippen molar-refractivity contribution in [3.63, 3.8) is 0 Å². The molecule has 20 heavy (non-hydrogen) atoms. The maximum atomic E-state index is 10.9. The molecule has 7 nitrogen and oxygen atoms in total. The molecule has 2 rings (SSSR count).